The van der Waals surface area contributed by atoms with Gasteiger partial charge in [-0.25, -0.2) is 8.78 Å². The molecule has 1 rings (SSSR count). The third kappa shape index (κ3) is 3.94. The molecular formula is C11H13F2NO2. The largest absolute Gasteiger partial charge is 0.464 e. The number of benzene rings is 1. The van der Waals surface area contributed by atoms with Crippen LogP contribution >= 0.6 is 0 Å². The summed E-state index contributed by atoms with van der Waals surface area (Å²) in [6, 6.07) is 3.33. The summed E-state index contributed by atoms with van der Waals surface area (Å²) in [6.45, 7) is 0.203. The van der Waals surface area contributed by atoms with Gasteiger partial charge in [0.05, 0.1) is 13.2 Å². The first-order chi connectivity index (χ1) is 7.63. The van der Waals surface area contributed by atoms with Gasteiger partial charge in [0.25, 0.3) is 0 Å². The van der Waals surface area contributed by atoms with E-state index >= 15 is 0 Å². The summed E-state index contributed by atoms with van der Waals surface area (Å²) in [5, 5.41) is 2.64. The fraction of sp³-hybridized carbons (Fsp3) is 0.364. The molecule has 5 heteroatoms. The summed E-state index contributed by atoms with van der Waals surface area (Å²) in [5.41, 5.74) is 0.332. The molecule has 0 fully saturated rings. The first-order valence-corrected chi connectivity index (χ1v) is 4.87. The van der Waals surface area contributed by atoms with Crippen LogP contribution in [0, 0.1) is 11.6 Å². The van der Waals surface area contributed by atoms with Gasteiger partial charge in [-0.15, -0.1) is 0 Å². The second kappa shape index (κ2) is 6.17. The predicted molar refractivity (Wildman–Crippen MR) is 54.9 cm³/mol. The Labute approximate surface area is 92.4 Å². The lowest BCUT2D eigenvalue weighted by atomic mass is 10.1. The van der Waals surface area contributed by atoms with E-state index in [2.05, 4.69) is 5.32 Å². The van der Waals surface area contributed by atoms with Gasteiger partial charge >= 0.3 is 5.97 Å². The molecule has 0 heterocycles. The maximum atomic E-state index is 13.1. The minimum atomic E-state index is -0.621. The van der Waals surface area contributed by atoms with Gasteiger partial charge in [-0.2, -0.15) is 0 Å². The lowest BCUT2D eigenvalue weighted by Crippen LogP contribution is -2.21. The molecule has 0 radical (unpaired) electrons. The Kier molecular flexibility index (Phi) is 4.85. The van der Waals surface area contributed by atoms with E-state index < -0.39 is 17.6 Å². The minimum Gasteiger partial charge on any atom is -0.464 e. The standard InChI is InChI=1S/C11H13F2NO2/c1-14-7-11(15)16-5-4-8-2-3-9(12)6-10(8)13/h2-3,6,14H,4-5,7H2,1H3. The highest BCUT2D eigenvalue weighted by Gasteiger charge is 2.05. The Balaban J connectivity index is 2.40. The van der Waals surface area contributed by atoms with Gasteiger partial charge in [0, 0.05) is 12.5 Å². The van der Waals surface area contributed by atoms with Gasteiger partial charge in [-0.3, -0.25) is 4.79 Å². The number of halogens is 2. The maximum Gasteiger partial charge on any atom is 0.319 e. The zero-order valence-electron chi connectivity index (χ0n) is 8.93. The number of hydrogen-bond acceptors (Lipinski definition) is 3. The maximum absolute atomic E-state index is 13.1. The third-order valence-corrected chi connectivity index (χ3v) is 1.97. The molecule has 3 nitrogen and oxygen atoms in total. The van der Waals surface area contributed by atoms with Crippen molar-refractivity contribution < 1.29 is 18.3 Å². The second-order valence-corrected chi connectivity index (χ2v) is 3.24. The van der Waals surface area contributed by atoms with Crippen molar-refractivity contribution in [2.45, 2.75) is 6.42 Å². The van der Waals surface area contributed by atoms with Crippen LogP contribution in [-0.2, 0) is 16.0 Å². The van der Waals surface area contributed by atoms with Crippen LogP contribution < -0.4 is 5.32 Å². The molecule has 1 aromatic rings. The van der Waals surface area contributed by atoms with Crippen molar-refractivity contribution in [1.82, 2.24) is 5.32 Å². The molecule has 0 amide bonds. The van der Waals surface area contributed by atoms with Gasteiger partial charge < -0.3 is 10.1 Å². The smallest absolute Gasteiger partial charge is 0.319 e. The van der Waals surface area contributed by atoms with Gasteiger partial charge in [-0.05, 0) is 18.7 Å². The Bertz CT molecular complexity index is 369. The van der Waals surface area contributed by atoms with E-state index in [1.165, 1.54) is 12.1 Å². The van der Waals surface area contributed by atoms with Gasteiger partial charge in [0.15, 0.2) is 0 Å². The number of carbonyl (C=O) groups excluding carboxylic acids is 1. The van der Waals surface area contributed by atoms with Crippen molar-refractivity contribution in [1.29, 1.82) is 0 Å². The van der Waals surface area contributed by atoms with E-state index in [4.69, 9.17) is 4.74 Å². The van der Waals surface area contributed by atoms with E-state index in [1.54, 1.807) is 7.05 Å². The summed E-state index contributed by atoms with van der Waals surface area (Å²) >= 11 is 0. The molecule has 0 aliphatic rings. The lowest BCUT2D eigenvalue weighted by Gasteiger charge is -2.05. The fourth-order valence-corrected chi connectivity index (χ4v) is 1.19. The van der Waals surface area contributed by atoms with Crippen LogP contribution in [0.25, 0.3) is 0 Å². The molecule has 1 N–H and O–H groups in total. The Hall–Kier alpha value is -1.49. The Morgan fingerprint density at radius 1 is 1.44 bits per heavy atom. The van der Waals surface area contributed by atoms with Gasteiger partial charge in [0.1, 0.15) is 11.6 Å². The van der Waals surface area contributed by atoms with Crippen molar-refractivity contribution >= 4 is 5.97 Å². The molecular weight excluding hydrogens is 216 g/mol. The Morgan fingerprint density at radius 2 is 2.19 bits per heavy atom. The molecule has 0 bridgehead atoms. The van der Waals surface area contributed by atoms with Crippen molar-refractivity contribution in [2.75, 3.05) is 20.2 Å². The Morgan fingerprint density at radius 3 is 2.81 bits per heavy atom. The summed E-state index contributed by atoms with van der Waals surface area (Å²) in [7, 11) is 1.63. The molecule has 0 saturated heterocycles. The first kappa shape index (κ1) is 12.6. The van der Waals surface area contributed by atoms with Crippen molar-refractivity contribution in [3.8, 4) is 0 Å². The van der Waals surface area contributed by atoms with E-state index in [-0.39, 0.29) is 19.6 Å². The predicted octanol–water partition coefficient (Wildman–Crippen LogP) is 1.27. The normalized spacial score (nSPS) is 10.2. The number of carbonyl (C=O) groups is 1. The molecule has 0 unspecified atom stereocenters. The fourth-order valence-electron chi connectivity index (χ4n) is 1.19. The average Bonchev–Trinajstić information content (AvgIpc) is 2.22. The highest BCUT2D eigenvalue weighted by atomic mass is 19.1. The lowest BCUT2D eigenvalue weighted by molar-refractivity contribution is -0.142. The molecule has 88 valence electrons. The van der Waals surface area contributed by atoms with Crippen molar-refractivity contribution in [3.05, 3.63) is 35.4 Å². The van der Waals surface area contributed by atoms with E-state index in [0.717, 1.165) is 6.07 Å². The number of esters is 1. The zero-order chi connectivity index (χ0) is 12.0. The summed E-state index contributed by atoms with van der Waals surface area (Å²) in [6.07, 6.45) is 0.238. The summed E-state index contributed by atoms with van der Waals surface area (Å²) in [5.74, 6) is -1.64. The van der Waals surface area contributed by atoms with Gasteiger partial charge in [0.2, 0.25) is 0 Å². The van der Waals surface area contributed by atoms with Crippen LogP contribution in [0.4, 0.5) is 8.78 Å². The van der Waals surface area contributed by atoms with Crippen LogP contribution in [0.15, 0.2) is 18.2 Å². The van der Waals surface area contributed by atoms with E-state index in [1.807, 2.05) is 0 Å². The molecule has 0 aliphatic carbocycles. The molecule has 0 aromatic heterocycles. The SMILES string of the molecule is CNCC(=O)OCCc1ccc(F)cc1F. The van der Waals surface area contributed by atoms with E-state index in [9.17, 15) is 13.6 Å². The van der Waals surface area contributed by atoms with Crippen molar-refractivity contribution in [3.63, 3.8) is 0 Å². The quantitative estimate of drug-likeness (QED) is 0.773. The second-order valence-electron chi connectivity index (χ2n) is 3.24. The molecule has 0 saturated carbocycles. The molecule has 0 spiro atoms. The summed E-state index contributed by atoms with van der Waals surface area (Å²) < 4.78 is 30.5. The molecule has 0 aliphatic heterocycles. The van der Waals surface area contributed by atoms with E-state index in [0.29, 0.717) is 5.56 Å². The zero-order valence-corrected chi connectivity index (χ0v) is 8.93. The van der Waals surface area contributed by atoms with Crippen LogP contribution in [0.5, 0.6) is 0 Å². The number of ether oxygens (including phenoxy) is 1. The van der Waals surface area contributed by atoms with Crippen LogP contribution in [-0.4, -0.2) is 26.2 Å². The third-order valence-electron chi connectivity index (χ3n) is 1.97. The monoisotopic (exact) mass is 229 g/mol. The number of nitrogens with one attached hydrogen (secondary N) is 1. The number of hydrogen-bond donors (Lipinski definition) is 1. The summed E-state index contributed by atoms with van der Waals surface area (Å²) in [4.78, 5) is 10.9. The minimum absolute atomic E-state index is 0.0864. The van der Waals surface area contributed by atoms with Gasteiger partial charge in [-0.1, -0.05) is 6.07 Å². The number of rotatable bonds is 5. The molecule has 16 heavy (non-hydrogen) atoms. The van der Waals surface area contributed by atoms with Crippen LogP contribution in [0.2, 0.25) is 0 Å². The molecule has 1 aromatic carbocycles. The topological polar surface area (TPSA) is 38.3 Å². The van der Waals surface area contributed by atoms with Crippen LogP contribution in [0.3, 0.4) is 0 Å². The van der Waals surface area contributed by atoms with Crippen LogP contribution in [0.1, 0.15) is 5.56 Å². The average molecular weight is 229 g/mol. The highest BCUT2D eigenvalue weighted by molar-refractivity contribution is 5.71. The van der Waals surface area contributed by atoms with Crippen molar-refractivity contribution in [2.24, 2.45) is 0 Å². The number of likely N-dealkylation sites (N-methyl/N-ethyl adjacent to an activating group) is 1. The highest BCUT2D eigenvalue weighted by Crippen LogP contribution is 2.10. The molecule has 0 atom stereocenters. The first-order valence-electron chi connectivity index (χ1n) is 4.87.